The zero-order valence-corrected chi connectivity index (χ0v) is 25.3. The number of anilines is 1. The molecule has 3 aromatic rings. The van der Waals surface area contributed by atoms with Crippen molar-refractivity contribution in [2.24, 2.45) is 0 Å². The Labute approximate surface area is 243 Å². The number of hydrogen-bond donors (Lipinski definition) is 1. The van der Waals surface area contributed by atoms with Crippen LogP contribution in [-0.4, -0.2) is 43.3 Å². The van der Waals surface area contributed by atoms with Gasteiger partial charge < -0.3 is 10.2 Å². The largest absolute Gasteiger partial charge is 0.350 e. The van der Waals surface area contributed by atoms with Crippen LogP contribution in [0.3, 0.4) is 0 Å². The highest BCUT2D eigenvalue weighted by Crippen LogP contribution is 2.29. The zero-order valence-electron chi connectivity index (χ0n) is 23.7. The summed E-state index contributed by atoms with van der Waals surface area (Å²) in [6.45, 7) is 8.92. The van der Waals surface area contributed by atoms with Crippen molar-refractivity contribution in [1.29, 1.82) is 0 Å². The molecule has 0 fully saturated rings. The standard InChI is InChI=1S/C31H38ClN3O4S/c1-6-23-15-12-14-20-28(23)35(40(38,39)25-17-9-8-10-18-25)22-29(36)34(21-24-16-11-13-19-26(24)32)27(7-2)30(37)33-31(3,4)5/h8-20,27H,6-7,21-22H2,1-5H3,(H,33,37)/t27-/m0/s1. The molecule has 1 N–H and O–H groups in total. The number of nitrogens with one attached hydrogen (secondary N) is 1. The molecule has 0 aromatic heterocycles. The van der Waals surface area contributed by atoms with Gasteiger partial charge in [0.05, 0.1) is 10.6 Å². The van der Waals surface area contributed by atoms with Crippen molar-refractivity contribution < 1.29 is 18.0 Å². The maximum atomic E-state index is 14.2. The summed E-state index contributed by atoms with van der Waals surface area (Å²) in [5.74, 6) is -0.830. The van der Waals surface area contributed by atoms with Crippen LogP contribution in [-0.2, 0) is 32.6 Å². The van der Waals surface area contributed by atoms with Crippen molar-refractivity contribution in [3.8, 4) is 0 Å². The SMILES string of the molecule is CCc1ccccc1N(CC(=O)N(Cc1ccccc1Cl)[C@@H](CC)C(=O)NC(C)(C)C)S(=O)(=O)c1ccccc1. The van der Waals surface area contributed by atoms with Crippen LogP contribution in [0, 0.1) is 0 Å². The molecule has 214 valence electrons. The van der Waals surface area contributed by atoms with Gasteiger partial charge in [-0.15, -0.1) is 0 Å². The molecule has 0 aliphatic heterocycles. The lowest BCUT2D eigenvalue weighted by Gasteiger charge is -2.35. The van der Waals surface area contributed by atoms with Crippen LogP contribution in [0.2, 0.25) is 5.02 Å². The maximum Gasteiger partial charge on any atom is 0.264 e. The highest BCUT2D eigenvalue weighted by molar-refractivity contribution is 7.92. The third-order valence-corrected chi connectivity index (χ3v) is 8.58. The summed E-state index contributed by atoms with van der Waals surface area (Å²) in [4.78, 5) is 29.1. The van der Waals surface area contributed by atoms with Gasteiger partial charge in [0.25, 0.3) is 10.0 Å². The molecule has 0 saturated heterocycles. The van der Waals surface area contributed by atoms with Crippen LogP contribution in [0.5, 0.6) is 0 Å². The third kappa shape index (κ3) is 7.64. The number of carbonyl (C=O) groups is 2. The van der Waals surface area contributed by atoms with Crippen LogP contribution in [0.1, 0.15) is 52.2 Å². The van der Waals surface area contributed by atoms with E-state index in [1.165, 1.54) is 17.0 Å². The summed E-state index contributed by atoms with van der Waals surface area (Å²) < 4.78 is 29.1. The molecule has 0 heterocycles. The van der Waals surface area contributed by atoms with E-state index in [0.717, 1.165) is 9.87 Å². The Morgan fingerprint density at radius 2 is 1.45 bits per heavy atom. The molecule has 0 radical (unpaired) electrons. The molecule has 7 nitrogen and oxygen atoms in total. The minimum absolute atomic E-state index is 0.0449. The van der Waals surface area contributed by atoms with Gasteiger partial charge in [-0.25, -0.2) is 8.42 Å². The van der Waals surface area contributed by atoms with Crippen molar-refractivity contribution in [3.63, 3.8) is 0 Å². The first-order chi connectivity index (χ1) is 18.9. The van der Waals surface area contributed by atoms with E-state index < -0.39 is 34.1 Å². The molecule has 0 aliphatic carbocycles. The van der Waals surface area contributed by atoms with Gasteiger partial charge in [-0.1, -0.05) is 80.0 Å². The fourth-order valence-corrected chi connectivity index (χ4v) is 6.14. The fraction of sp³-hybridized carbons (Fsp3) is 0.355. The predicted molar refractivity (Wildman–Crippen MR) is 161 cm³/mol. The van der Waals surface area contributed by atoms with E-state index in [2.05, 4.69) is 5.32 Å². The highest BCUT2D eigenvalue weighted by atomic mass is 35.5. The quantitative estimate of drug-likeness (QED) is 0.308. The number of rotatable bonds is 11. The number of halogens is 1. The first-order valence-electron chi connectivity index (χ1n) is 13.4. The van der Waals surface area contributed by atoms with Gasteiger partial charge in [-0.3, -0.25) is 13.9 Å². The second-order valence-electron chi connectivity index (χ2n) is 10.6. The highest BCUT2D eigenvalue weighted by Gasteiger charge is 2.35. The van der Waals surface area contributed by atoms with Crippen LogP contribution >= 0.6 is 11.6 Å². The molecule has 3 rings (SSSR count). The second kappa shape index (κ2) is 13.3. The molecule has 0 spiro atoms. The van der Waals surface area contributed by atoms with Gasteiger partial charge in [0.1, 0.15) is 12.6 Å². The van der Waals surface area contributed by atoms with Crippen LogP contribution in [0.15, 0.2) is 83.8 Å². The summed E-state index contributed by atoms with van der Waals surface area (Å²) in [7, 11) is -4.12. The molecule has 3 aromatic carbocycles. The Balaban J connectivity index is 2.11. The molecule has 0 unspecified atom stereocenters. The Kier molecular flexibility index (Phi) is 10.4. The molecule has 40 heavy (non-hydrogen) atoms. The van der Waals surface area contributed by atoms with E-state index in [1.807, 2.05) is 52.8 Å². The topological polar surface area (TPSA) is 86.8 Å². The first-order valence-corrected chi connectivity index (χ1v) is 15.2. The smallest absolute Gasteiger partial charge is 0.264 e. The normalized spacial score (nSPS) is 12.4. The van der Waals surface area contributed by atoms with E-state index in [0.29, 0.717) is 29.1 Å². The second-order valence-corrected chi connectivity index (χ2v) is 12.9. The number of aryl methyl sites for hydroxylation is 1. The van der Waals surface area contributed by atoms with Crippen molar-refractivity contribution in [3.05, 3.63) is 95.0 Å². The van der Waals surface area contributed by atoms with Crippen LogP contribution < -0.4 is 9.62 Å². The van der Waals surface area contributed by atoms with E-state index in [1.54, 1.807) is 48.5 Å². The molecular formula is C31H38ClN3O4S. The molecular weight excluding hydrogens is 546 g/mol. The Morgan fingerprint density at radius 1 is 0.875 bits per heavy atom. The maximum absolute atomic E-state index is 14.2. The van der Waals surface area contributed by atoms with Crippen molar-refractivity contribution in [1.82, 2.24) is 10.2 Å². The van der Waals surface area contributed by atoms with Gasteiger partial charge in [-0.05, 0) is 69.0 Å². The van der Waals surface area contributed by atoms with Gasteiger partial charge in [0.15, 0.2) is 0 Å². The lowest BCUT2D eigenvalue weighted by molar-refractivity contribution is -0.141. The molecule has 9 heteroatoms. The average molecular weight is 584 g/mol. The zero-order chi connectivity index (χ0) is 29.5. The van der Waals surface area contributed by atoms with Crippen LogP contribution in [0.25, 0.3) is 0 Å². The number of benzene rings is 3. The number of para-hydroxylation sites is 1. The van der Waals surface area contributed by atoms with E-state index in [-0.39, 0.29) is 17.3 Å². The first kappa shape index (κ1) is 31.2. The summed E-state index contributed by atoms with van der Waals surface area (Å²) in [6, 6.07) is 21.5. The molecule has 1 atom stereocenters. The predicted octanol–water partition coefficient (Wildman–Crippen LogP) is 5.82. The number of carbonyl (C=O) groups excluding carboxylic acids is 2. The van der Waals surface area contributed by atoms with Crippen molar-refractivity contribution in [2.75, 3.05) is 10.8 Å². The number of hydrogen-bond acceptors (Lipinski definition) is 4. The van der Waals surface area contributed by atoms with Gasteiger partial charge in [0.2, 0.25) is 11.8 Å². The molecule has 0 saturated carbocycles. The van der Waals surface area contributed by atoms with Gasteiger partial charge in [-0.2, -0.15) is 0 Å². The monoisotopic (exact) mass is 583 g/mol. The van der Waals surface area contributed by atoms with E-state index >= 15 is 0 Å². The van der Waals surface area contributed by atoms with E-state index in [9.17, 15) is 18.0 Å². The van der Waals surface area contributed by atoms with Gasteiger partial charge >= 0.3 is 0 Å². The molecule has 0 aliphatic rings. The minimum Gasteiger partial charge on any atom is -0.350 e. The summed E-state index contributed by atoms with van der Waals surface area (Å²) in [5, 5.41) is 3.42. The molecule has 0 bridgehead atoms. The molecule has 2 amide bonds. The Hall–Kier alpha value is -3.36. The number of nitrogens with zero attached hydrogens (tertiary/aromatic N) is 2. The van der Waals surface area contributed by atoms with Gasteiger partial charge in [0, 0.05) is 17.1 Å². The third-order valence-electron chi connectivity index (χ3n) is 6.43. The fourth-order valence-electron chi connectivity index (χ4n) is 4.47. The van der Waals surface area contributed by atoms with Crippen molar-refractivity contribution in [2.45, 2.75) is 70.5 Å². The summed E-state index contributed by atoms with van der Waals surface area (Å²) in [5.41, 5.74) is 1.34. The summed E-state index contributed by atoms with van der Waals surface area (Å²) >= 11 is 6.46. The number of sulfonamides is 1. The Bertz CT molecular complexity index is 1420. The summed E-state index contributed by atoms with van der Waals surface area (Å²) in [6.07, 6.45) is 0.898. The van der Waals surface area contributed by atoms with Crippen LogP contribution in [0.4, 0.5) is 5.69 Å². The number of amides is 2. The average Bonchev–Trinajstić information content (AvgIpc) is 2.92. The minimum atomic E-state index is -4.12. The van der Waals surface area contributed by atoms with E-state index in [4.69, 9.17) is 11.6 Å². The van der Waals surface area contributed by atoms with Crippen molar-refractivity contribution >= 4 is 39.1 Å². The lowest BCUT2D eigenvalue weighted by Crippen LogP contribution is -2.55. The Morgan fingerprint density at radius 3 is 2.02 bits per heavy atom. The lowest BCUT2D eigenvalue weighted by atomic mass is 10.1.